The topological polar surface area (TPSA) is 55.9 Å². The Morgan fingerprint density at radius 3 is 2.70 bits per heavy atom. The van der Waals surface area contributed by atoms with E-state index in [9.17, 15) is 0 Å². The Kier molecular flexibility index (Phi) is 3.50. The molecule has 0 radical (unpaired) electrons. The first-order chi connectivity index (χ1) is 9.85. The second-order valence-corrected chi connectivity index (χ2v) is 4.50. The van der Waals surface area contributed by atoms with E-state index in [2.05, 4.69) is 28.5 Å². The molecule has 3 rings (SSSR count). The van der Waals surface area contributed by atoms with Crippen molar-refractivity contribution in [2.75, 3.05) is 5.32 Å². The maximum Gasteiger partial charge on any atom is 0.181 e. The van der Waals surface area contributed by atoms with Crippen molar-refractivity contribution < 1.29 is 4.42 Å². The number of hydrogen-bond acceptors (Lipinski definition) is 4. The van der Waals surface area contributed by atoms with E-state index >= 15 is 0 Å². The lowest BCUT2D eigenvalue weighted by Gasteiger charge is -2.05. The van der Waals surface area contributed by atoms with Crippen LogP contribution in [0.15, 0.2) is 53.7 Å². The molecule has 0 amide bonds. The average Bonchev–Trinajstić information content (AvgIpc) is 3.17. The van der Waals surface area contributed by atoms with Crippen LogP contribution in [0.2, 0.25) is 0 Å². The van der Waals surface area contributed by atoms with E-state index < -0.39 is 0 Å². The van der Waals surface area contributed by atoms with Crippen LogP contribution >= 0.6 is 0 Å². The number of rotatable bonds is 5. The summed E-state index contributed by atoms with van der Waals surface area (Å²) in [6, 6.07) is 8.08. The van der Waals surface area contributed by atoms with Gasteiger partial charge in [-0.1, -0.05) is 0 Å². The quantitative estimate of drug-likeness (QED) is 0.772. The van der Waals surface area contributed by atoms with Crippen molar-refractivity contribution in [3.05, 3.63) is 54.8 Å². The molecular formula is C15H16N4O. The molecule has 1 aromatic carbocycles. The summed E-state index contributed by atoms with van der Waals surface area (Å²) in [5.41, 5.74) is 3.26. The molecule has 0 fully saturated rings. The highest BCUT2D eigenvalue weighted by molar-refractivity contribution is 5.60. The molecule has 0 atom stereocenters. The molecule has 0 aliphatic carbocycles. The number of benzene rings is 1. The first kappa shape index (κ1) is 12.5. The van der Waals surface area contributed by atoms with Gasteiger partial charge in [0.1, 0.15) is 0 Å². The van der Waals surface area contributed by atoms with E-state index in [1.54, 1.807) is 6.20 Å². The minimum absolute atomic E-state index is 0.766. The molecule has 2 heterocycles. The van der Waals surface area contributed by atoms with Gasteiger partial charge in [-0.25, -0.2) is 4.98 Å². The Morgan fingerprint density at radius 1 is 1.20 bits per heavy atom. The summed E-state index contributed by atoms with van der Waals surface area (Å²) < 4.78 is 7.18. The number of aromatic nitrogens is 3. The lowest BCUT2D eigenvalue weighted by molar-refractivity contribution is 0.572. The minimum atomic E-state index is 0.766. The third-order valence-corrected chi connectivity index (χ3v) is 3.11. The Morgan fingerprint density at radius 2 is 2.05 bits per heavy atom. The highest BCUT2D eigenvalue weighted by atomic mass is 16.3. The lowest BCUT2D eigenvalue weighted by atomic mass is 10.1. The van der Waals surface area contributed by atoms with Gasteiger partial charge >= 0.3 is 0 Å². The van der Waals surface area contributed by atoms with Crippen LogP contribution in [0.25, 0.3) is 11.3 Å². The van der Waals surface area contributed by atoms with Crippen LogP contribution in [0.4, 0.5) is 5.69 Å². The number of oxazole rings is 1. The van der Waals surface area contributed by atoms with Gasteiger partial charge in [0.05, 0.1) is 12.4 Å². The highest BCUT2D eigenvalue weighted by Gasteiger charge is 2.01. The molecule has 0 saturated carbocycles. The van der Waals surface area contributed by atoms with Crippen LogP contribution in [0, 0.1) is 0 Å². The van der Waals surface area contributed by atoms with Gasteiger partial charge in [-0.2, -0.15) is 5.10 Å². The van der Waals surface area contributed by atoms with Crippen molar-refractivity contribution in [2.24, 2.45) is 0 Å². The van der Waals surface area contributed by atoms with E-state index in [0.717, 1.165) is 30.1 Å². The van der Waals surface area contributed by atoms with E-state index in [-0.39, 0.29) is 0 Å². The fourth-order valence-corrected chi connectivity index (χ4v) is 1.99. The standard InChI is InChI=1S/C15H16N4O/c1-2-19-10-12(8-18-19)7-17-14-5-3-13(4-6-14)15-9-16-11-20-15/h3-6,8-11,17H,2,7H2,1H3. The second-order valence-electron chi connectivity index (χ2n) is 4.50. The number of aryl methyl sites for hydroxylation is 1. The zero-order chi connectivity index (χ0) is 13.8. The largest absolute Gasteiger partial charge is 0.444 e. The Labute approximate surface area is 117 Å². The highest BCUT2D eigenvalue weighted by Crippen LogP contribution is 2.20. The molecule has 5 heteroatoms. The van der Waals surface area contributed by atoms with Crippen molar-refractivity contribution >= 4 is 5.69 Å². The maximum atomic E-state index is 5.26. The number of anilines is 1. The molecule has 0 aliphatic heterocycles. The van der Waals surface area contributed by atoms with Crippen LogP contribution in [0.5, 0.6) is 0 Å². The van der Waals surface area contributed by atoms with Crippen LogP contribution in [-0.4, -0.2) is 14.8 Å². The third kappa shape index (κ3) is 2.71. The molecule has 5 nitrogen and oxygen atoms in total. The van der Waals surface area contributed by atoms with Crippen molar-refractivity contribution in [1.82, 2.24) is 14.8 Å². The zero-order valence-corrected chi connectivity index (χ0v) is 11.3. The summed E-state index contributed by atoms with van der Waals surface area (Å²) in [6.45, 7) is 3.74. The molecular weight excluding hydrogens is 252 g/mol. The Bertz CT molecular complexity index is 656. The summed E-state index contributed by atoms with van der Waals surface area (Å²) in [4.78, 5) is 3.92. The SMILES string of the molecule is CCn1cc(CNc2ccc(-c3cnco3)cc2)cn1. The first-order valence-electron chi connectivity index (χ1n) is 6.59. The molecule has 1 N–H and O–H groups in total. The first-order valence-corrected chi connectivity index (χ1v) is 6.59. The Hall–Kier alpha value is -2.56. The van der Waals surface area contributed by atoms with Crippen LogP contribution in [-0.2, 0) is 13.1 Å². The van der Waals surface area contributed by atoms with Gasteiger partial charge in [0.2, 0.25) is 0 Å². The predicted octanol–water partition coefficient (Wildman–Crippen LogP) is 3.17. The van der Waals surface area contributed by atoms with Gasteiger partial charge < -0.3 is 9.73 Å². The molecule has 2 aromatic heterocycles. The second kappa shape index (κ2) is 5.61. The molecule has 0 spiro atoms. The smallest absolute Gasteiger partial charge is 0.181 e. The van der Waals surface area contributed by atoms with Gasteiger partial charge in [0, 0.05) is 36.1 Å². The van der Waals surface area contributed by atoms with E-state index in [4.69, 9.17) is 4.42 Å². The molecule has 0 bridgehead atoms. The van der Waals surface area contributed by atoms with Crippen LogP contribution < -0.4 is 5.32 Å². The fraction of sp³-hybridized carbons (Fsp3) is 0.200. The minimum Gasteiger partial charge on any atom is -0.444 e. The number of nitrogens with zero attached hydrogens (tertiary/aromatic N) is 3. The van der Waals surface area contributed by atoms with Crippen LogP contribution in [0.3, 0.4) is 0 Å². The summed E-state index contributed by atoms with van der Waals surface area (Å²) in [6.07, 6.45) is 7.09. The fourth-order valence-electron chi connectivity index (χ4n) is 1.99. The van der Waals surface area contributed by atoms with Crippen molar-refractivity contribution in [2.45, 2.75) is 20.0 Å². The van der Waals surface area contributed by atoms with Gasteiger partial charge in [0.15, 0.2) is 12.2 Å². The predicted molar refractivity (Wildman–Crippen MR) is 77.2 cm³/mol. The van der Waals surface area contributed by atoms with Crippen molar-refractivity contribution in [3.8, 4) is 11.3 Å². The van der Waals surface area contributed by atoms with Gasteiger partial charge in [0.25, 0.3) is 0 Å². The summed E-state index contributed by atoms with van der Waals surface area (Å²) >= 11 is 0. The van der Waals surface area contributed by atoms with E-state index in [1.807, 2.05) is 35.1 Å². The molecule has 102 valence electrons. The van der Waals surface area contributed by atoms with Crippen LogP contribution in [0.1, 0.15) is 12.5 Å². The third-order valence-electron chi connectivity index (χ3n) is 3.11. The summed E-state index contributed by atoms with van der Waals surface area (Å²) in [5.74, 6) is 0.778. The monoisotopic (exact) mass is 268 g/mol. The van der Waals surface area contributed by atoms with E-state index in [0.29, 0.717) is 0 Å². The number of nitrogens with one attached hydrogen (secondary N) is 1. The number of hydrogen-bond donors (Lipinski definition) is 1. The summed E-state index contributed by atoms with van der Waals surface area (Å²) in [7, 11) is 0. The van der Waals surface area contributed by atoms with Crippen molar-refractivity contribution in [3.63, 3.8) is 0 Å². The molecule has 3 aromatic rings. The van der Waals surface area contributed by atoms with Crippen molar-refractivity contribution in [1.29, 1.82) is 0 Å². The van der Waals surface area contributed by atoms with Gasteiger partial charge in [-0.15, -0.1) is 0 Å². The normalized spacial score (nSPS) is 10.7. The lowest BCUT2D eigenvalue weighted by Crippen LogP contribution is -1.98. The maximum absolute atomic E-state index is 5.26. The molecule has 0 aliphatic rings. The molecule has 20 heavy (non-hydrogen) atoms. The molecule has 0 unspecified atom stereocenters. The molecule has 0 saturated heterocycles. The van der Waals surface area contributed by atoms with E-state index in [1.165, 1.54) is 12.0 Å². The average molecular weight is 268 g/mol. The Balaban J connectivity index is 1.63. The van der Waals surface area contributed by atoms with Gasteiger partial charge in [-0.3, -0.25) is 4.68 Å². The summed E-state index contributed by atoms with van der Waals surface area (Å²) in [5, 5.41) is 7.62. The zero-order valence-electron chi connectivity index (χ0n) is 11.3. The van der Waals surface area contributed by atoms with Gasteiger partial charge in [-0.05, 0) is 31.2 Å².